The van der Waals surface area contributed by atoms with E-state index in [2.05, 4.69) is 26.0 Å². The Balaban J connectivity index is 2.04. The van der Waals surface area contributed by atoms with Gasteiger partial charge in [-0.15, -0.1) is 11.3 Å². The summed E-state index contributed by atoms with van der Waals surface area (Å²) in [5, 5.41) is 10.3. The van der Waals surface area contributed by atoms with Gasteiger partial charge in [0.1, 0.15) is 6.23 Å². The summed E-state index contributed by atoms with van der Waals surface area (Å²) in [5.41, 5.74) is 2.14. The van der Waals surface area contributed by atoms with Crippen LogP contribution in [0.5, 0.6) is 0 Å². The number of unbranched alkanes of at least 4 members (excludes halogenated alkanes) is 1. The van der Waals surface area contributed by atoms with Crippen molar-refractivity contribution in [2.45, 2.75) is 39.3 Å². The van der Waals surface area contributed by atoms with Crippen molar-refractivity contribution in [2.24, 2.45) is 0 Å². The standard InChI is InChI=1S/C20H25NO2S/c1-3-5-6-20(23)21(4-2)17-10-7-16(8-11-17)9-12-18-13-14-19(15-22)24-18/h7-15,20,23H,3-6H2,1-2H3/b12-9+. The van der Waals surface area contributed by atoms with Crippen LogP contribution in [-0.4, -0.2) is 24.2 Å². The highest BCUT2D eigenvalue weighted by molar-refractivity contribution is 7.14. The molecular weight excluding hydrogens is 318 g/mol. The third-order valence-corrected chi connectivity index (χ3v) is 4.92. The molecular formula is C20H25NO2S. The Hall–Kier alpha value is -1.91. The van der Waals surface area contributed by atoms with E-state index >= 15 is 0 Å². The molecule has 2 rings (SSSR count). The number of carbonyl (C=O) groups excluding carboxylic acids is 1. The molecule has 0 amide bonds. The Morgan fingerprint density at radius 3 is 2.38 bits per heavy atom. The van der Waals surface area contributed by atoms with Crippen LogP contribution < -0.4 is 4.90 Å². The topological polar surface area (TPSA) is 40.5 Å². The minimum atomic E-state index is -0.427. The van der Waals surface area contributed by atoms with Gasteiger partial charge < -0.3 is 10.0 Å². The fraction of sp³-hybridized carbons (Fsp3) is 0.350. The van der Waals surface area contributed by atoms with E-state index in [-0.39, 0.29) is 0 Å². The number of anilines is 1. The highest BCUT2D eigenvalue weighted by atomic mass is 32.1. The predicted molar refractivity (Wildman–Crippen MR) is 104 cm³/mol. The molecule has 0 saturated carbocycles. The third kappa shape index (κ3) is 5.05. The molecule has 0 spiro atoms. The maximum Gasteiger partial charge on any atom is 0.160 e. The number of hydrogen-bond donors (Lipinski definition) is 1. The van der Waals surface area contributed by atoms with E-state index in [0.717, 1.165) is 53.1 Å². The molecule has 1 unspecified atom stereocenters. The van der Waals surface area contributed by atoms with Crippen molar-refractivity contribution >= 4 is 35.5 Å². The maximum absolute atomic E-state index is 10.7. The lowest BCUT2D eigenvalue weighted by Gasteiger charge is -2.29. The van der Waals surface area contributed by atoms with Crippen LogP contribution in [0.2, 0.25) is 0 Å². The maximum atomic E-state index is 10.7. The second kappa shape index (κ2) is 9.40. The zero-order valence-corrected chi connectivity index (χ0v) is 15.1. The smallest absolute Gasteiger partial charge is 0.160 e. The molecule has 1 heterocycles. The fourth-order valence-corrected chi connectivity index (χ4v) is 3.31. The summed E-state index contributed by atoms with van der Waals surface area (Å²) < 4.78 is 0. The molecule has 128 valence electrons. The highest BCUT2D eigenvalue weighted by Gasteiger charge is 2.13. The third-order valence-electron chi connectivity index (χ3n) is 3.94. The molecule has 2 aromatic rings. The van der Waals surface area contributed by atoms with Gasteiger partial charge in [-0.25, -0.2) is 0 Å². The number of benzene rings is 1. The monoisotopic (exact) mass is 343 g/mol. The van der Waals surface area contributed by atoms with E-state index < -0.39 is 6.23 Å². The van der Waals surface area contributed by atoms with Crippen molar-refractivity contribution in [1.29, 1.82) is 0 Å². The van der Waals surface area contributed by atoms with Gasteiger partial charge in [0.15, 0.2) is 6.29 Å². The summed E-state index contributed by atoms with van der Waals surface area (Å²) >= 11 is 1.48. The molecule has 0 saturated heterocycles. The number of aliphatic hydroxyl groups excluding tert-OH is 1. The zero-order chi connectivity index (χ0) is 17.4. The minimum absolute atomic E-state index is 0.427. The van der Waals surface area contributed by atoms with E-state index in [1.807, 2.05) is 41.3 Å². The molecule has 1 atom stereocenters. The van der Waals surface area contributed by atoms with Gasteiger partial charge in [0, 0.05) is 17.1 Å². The first-order valence-corrected chi connectivity index (χ1v) is 9.27. The highest BCUT2D eigenvalue weighted by Crippen LogP contribution is 2.21. The Kier molecular flexibility index (Phi) is 7.22. The van der Waals surface area contributed by atoms with Gasteiger partial charge in [0.25, 0.3) is 0 Å². The first-order valence-electron chi connectivity index (χ1n) is 8.45. The number of thiophene rings is 1. The van der Waals surface area contributed by atoms with Gasteiger partial charge in [-0.05, 0) is 55.7 Å². The second-order valence-electron chi connectivity index (χ2n) is 5.69. The first kappa shape index (κ1) is 18.4. The van der Waals surface area contributed by atoms with Gasteiger partial charge in [0.2, 0.25) is 0 Å². The van der Waals surface area contributed by atoms with E-state index in [1.54, 1.807) is 0 Å². The van der Waals surface area contributed by atoms with Crippen molar-refractivity contribution in [1.82, 2.24) is 0 Å². The van der Waals surface area contributed by atoms with Gasteiger partial charge in [-0.3, -0.25) is 4.79 Å². The van der Waals surface area contributed by atoms with Crippen LogP contribution >= 0.6 is 11.3 Å². The quantitative estimate of drug-likeness (QED) is 0.511. The van der Waals surface area contributed by atoms with Crippen LogP contribution in [0.1, 0.15) is 53.2 Å². The average molecular weight is 343 g/mol. The van der Waals surface area contributed by atoms with E-state index in [1.165, 1.54) is 11.3 Å². The fourth-order valence-electron chi connectivity index (χ4n) is 2.58. The summed E-state index contributed by atoms with van der Waals surface area (Å²) in [6.07, 6.45) is 7.41. The van der Waals surface area contributed by atoms with Crippen LogP contribution in [0, 0.1) is 0 Å². The van der Waals surface area contributed by atoms with E-state index in [4.69, 9.17) is 0 Å². The molecule has 0 fully saturated rings. The van der Waals surface area contributed by atoms with E-state index in [9.17, 15) is 9.90 Å². The van der Waals surface area contributed by atoms with Crippen molar-refractivity contribution < 1.29 is 9.90 Å². The predicted octanol–water partition coefficient (Wildman–Crippen LogP) is 5.07. The molecule has 1 aromatic heterocycles. The van der Waals surface area contributed by atoms with Crippen molar-refractivity contribution in [3.8, 4) is 0 Å². The molecule has 0 aliphatic rings. The molecule has 0 bridgehead atoms. The number of nitrogens with zero attached hydrogens (tertiary/aromatic N) is 1. The van der Waals surface area contributed by atoms with Gasteiger partial charge in [-0.2, -0.15) is 0 Å². The average Bonchev–Trinajstić information content (AvgIpc) is 3.08. The van der Waals surface area contributed by atoms with Crippen molar-refractivity contribution in [3.05, 3.63) is 51.7 Å². The van der Waals surface area contributed by atoms with Gasteiger partial charge >= 0.3 is 0 Å². The Bertz CT molecular complexity index is 661. The second-order valence-corrected chi connectivity index (χ2v) is 6.84. The Labute approximate surface area is 148 Å². The lowest BCUT2D eigenvalue weighted by molar-refractivity contribution is 0.112. The Morgan fingerprint density at radius 1 is 1.08 bits per heavy atom. The molecule has 3 nitrogen and oxygen atoms in total. The van der Waals surface area contributed by atoms with Crippen LogP contribution in [-0.2, 0) is 0 Å². The largest absolute Gasteiger partial charge is 0.374 e. The lowest BCUT2D eigenvalue weighted by Crippen LogP contribution is -2.34. The number of aliphatic hydroxyl groups is 1. The van der Waals surface area contributed by atoms with Crippen molar-refractivity contribution in [2.75, 3.05) is 11.4 Å². The SMILES string of the molecule is CCCCC(O)N(CC)c1ccc(/C=C/c2ccc(C=O)s2)cc1. The molecule has 0 aliphatic heterocycles. The molecule has 4 heteroatoms. The summed E-state index contributed by atoms with van der Waals surface area (Å²) in [5.74, 6) is 0. The van der Waals surface area contributed by atoms with Crippen LogP contribution in [0.15, 0.2) is 36.4 Å². The molecule has 1 N–H and O–H groups in total. The van der Waals surface area contributed by atoms with E-state index in [0.29, 0.717) is 0 Å². The molecule has 1 aromatic carbocycles. The summed E-state index contributed by atoms with van der Waals surface area (Å²) in [7, 11) is 0. The number of carbonyl (C=O) groups is 1. The normalized spacial score (nSPS) is 12.5. The number of aldehydes is 1. The lowest BCUT2D eigenvalue weighted by atomic mass is 10.1. The zero-order valence-electron chi connectivity index (χ0n) is 14.3. The van der Waals surface area contributed by atoms with Crippen molar-refractivity contribution in [3.63, 3.8) is 0 Å². The minimum Gasteiger partial charge on any atom is -0.374 e. The summed E-state index contributed by atoms with van der Waals surface area (Å²) in [6, 6.07) is 12.0. The van der Waals surface area contributed by atoms with Gasteiger partial charge in [0.05, 0.1) is 4.88 Å². The molecule has 24 heavy (non-hydrogen) atoms. The Morgan fingerprint density at radius 2 is 1.79 bits per heavy atom. The van der Waals surface area contributed by atoms with Crippen LogP contribution in [0.3, 0.4) is 0 Å². The van der Waals surface area contributed by atoms with Gasteiger partial charge in [-0.1, -0.05) is 31.6 Å². The van der Waals surface area contributed by atoms with Crippen LogP contribution in [0.4, 0.5) is 5.69 Å². The summed E-state index contributed by atoms with van der Waals surface area (Å²) in [6.45, 7) is 4.98. The molecule has 0 radical (unpaired) electrons. The van der Waals surface area contributed by atoms with Crippen LogP contribution in [0.25, 0.3) is 12.2 Å². The molecule has 0 aliphatic carbocycles. The summed E-state index contributed by atoms with van der Waals surface area (Å²) in [4.78, 5) is 14.5. The number of rotatable bonds is 9. The number of hydrogen-bond acceptors (Lipinski definition) is 4. The first-order chi connectivity index (χ1) is 11.7.